The van der Waals surface area contributed by atoms with Gasteiger partial charge in [0.2, 0.25) is 5.91 Å². The monoisotopic (exact) mass is 333 g/mol. The smallest absolute Gasteiger partial charge is 0.233 e. The Kier molecular flexibility index (Phi) is 5.25. The summed E-state index contributed by atoms with van der Waals surface area (Å²) in [5.74, 6) is -0.0224. The van der Waals surface area contributed by atoms with Crippen LogP contribution in [-0.2, 0) is 11.2 Å². The van der Waals surface area contributed by atoms with Gasteiger partial charge in [0.1, 0.15) is 0 Å². The molecule has 1 aliphatic rings. The van der Waals surface area contributed by atoms with E-state index in [-0.39, 0.29) is 24.6 Å². The van der Waals surface area contributed by atoms with Crippen LogP contribution in [0.2, 0.25) is 0 Å². The van der Waals surface area contributed by atoms with Crippen LogP contribution in [0.4, 0.5) is 0 Å². The van der Waals surface area contributed by atoms with Crippen LogP contribution < -0.4 is 10.6 Å². The molecule has 1 amide bonds. The molecule has 3 rings (SSSR count). The molecule has 0 radical (unpaired) electrons. The van der Waals surface area contributed by atoms with Crippen molar-refractivity contribution in [3.63, 3.8) is 0 Å². The van der Waals surface area contributed by atoms with Crippen molar-refractivity contribution in [2.24, 2.45) is 0 Å². The Morgan fingerprint density at radius 2 is 2.09 bits per heavy atom. The average Bonchev–Trinajstić information content (AvgIpc) is 3.20. The number of aromatic nitrogens is 1. The van der Waals surface area contributed by atoms with E-state index >= 15 is 0 Å². The second-order valence-electron chi connectivity index (χ2n) is 6.17. The molecular weight excluding hydrogens is 310 g/mol. The quantitative estimate of drug-likeness (QED) is 0.723. The third-order valence-electron chi connectivity index (χ3n) is 4.49. The highest BCUT2D eigenvalue weighted by Gasteiger charge is 2.32. The minimum absolute atomic E-state index is 0.0224. The fourth-order valence-corrected chi connectivity index (χ4v) is 4.08. The van der Waals surface area contributed by atoms with Gasteiger partial charge in [-0.2, -0.15) is 0 Å². The van der Waals surface area contributed by atoms with Crippen molar-refractivity contribution >= 4 is 27.5 Å². The van der Waals surface area contributed by atoms with Crippen LogP contribution in [0.5, 0.6) is 0 Å². The molecule has 124 valence electrons. The number of aliphatic hydroxyl groups excluding tert-OH is 1. The van der Waals surface area contributed by atoms with E-state index in [0.717, 1.165) is 42.6 Å². The number of nitrogens with zero attached hydrogens (tertiary/aromatic N) is 1. The summed E-state index contributed by atoms with van der Waals surface area (Å²) in [4.78, 5) is 16.5. The zero-order valence-corrected chi connectivity index (χ0v) is 14.0. The number of rotatable bonds is 7. The highest BCUT2D eigenvalue weighted by atomic mass is 32.1. The molecule has 0 bridgehead atoms. The maximum Gasteiger partial charge on any atom is 0.233 e. The molecule has 0 saturated heterocycles. The maximum atomic E-state index is 11.9. The Hall–Kier alpha value is -1.50. The van der Waals surface area contributed by atoms with E-state index in [1.54, 1.807) is 11.3 Å². The van der Waals surface area contributed by atoms with Crippen LogP contribution in [0.3, 0.4) is 0 Å². The van der Waals surface area contributed by atoms with Gasteiger partial charge in [0.15, 0.2) is 0 Å². The van der Waals surface area contributed by atoms with Gasteiger partial charge in [-0.05, 0) is 25.0 Å². The van der Waals surface area contributed by atoms with Crippen molar-refractivity contribution in [2.75, 3.05) is 19.7 Å². The number of amides is 1. The summed E-state index contributed by atoms with van der Waals surface area (Å²) in [5, 5.41) is 16.7. The molecule has 0 aliphatic heterocycles. The fraction of sp³-hybridized carbons (Fsp3) is 0.529. The van der Waals surface area contributed by atoms with Crippen molar-refractivity contribution in [3.8, 4) is 0 Å². The van der Waals surface area contributed by atoms with Crippen molar-refractivity contribution in [1.29, 1.82) is 0 Å². The zero-order valence-electron chi connectivity index (χ0n) is 13.2. The number of carbonyl (C=O) groups is 1. The first-order valence-corrected chi connectivity index (χ1v) is 8.99. The SMILES string of the molecule is O=C(CNC1(CO)CCCC1)NCCc1nc2ccccc2s1. The van der Waals surface area contributed by atoms with E-state index in [2.05, 4.69) is 21.7 Å². The van der Waals surface area contributed by atoms with Gasteiger partial charge in [0.05, 0.1) is 28.4 Å². The molecule has 0 atom stereocenters. The second kappa shape index (κ2) is 7.38. The van der Waals surface area contributed by atoms with E-state index < -0.39 is 0 Å². The number of hydrogen-bond acceptors (Lipinski definition) is 5. The van der Waals surface area contributed by atoms with Crippen molar-refractivity contribution in [1.82, 2.24) is 15.6 Å². The third-order valence-corrected chi connectivity index (χ3v) is 5.58. The number of thiazole rings is 1. The number of hydrogen-bond donors (Lipinski definition) is 3. The van der Waals surface area contributed by atoms with Crippen LogP contribution in [-0.4, -0.2) is 41.2 Å². The maximum absolute atomic E-state index is 11.9. The van der Waals surface area contributed by atoms with Gasteiger partial charge in [-0.1, -0.05) is 25.0 Å². The van der Waals surface area contributed by atoms with Crippen molar-refractivity contribution in [2.45, 2.75) is 37.6 Å². The lowest BCUT2D eigenvalue weighted by Gasteiger charge is -2.27. The minimum atomic E-state index is -0.246. The number of para-hydroxylation sites is 1. The predicted octanol–water partition coefficient (Wildman–Crippen LogP) is 1.85. The van der Waals surface area contributed by atoms with Crippen LogP contribution >= 0.6 is 11.3 Å². The molecule has 0 spiro atoms. The molecular formula is C17H23N3O2S. The molecule has 6 heteroatoms. The number of nitrogens with one attached hydrogen (secondary N) is 2. The second-order valence-corrected chi connectivity index (χ2v) is 7.29. The van der Waals surface area contributed by atoms with E-state index in [0.29, 0.717) is 6.54 Å². The molecule has 1 heterocycles. The first-order chi connectivity index (χ1) is 11.2. The van der Waals surface area contributed by atoms with Gasteiger partial charge < -0.3 is 15.7 Å². The van der Waals surface area contributed by atoms with Crippen molar-refractivity contribution < 1.29 is 9.90 Å². The number of benzene rings is 1. The van der Waals surface area contributed by atoms with Crippen molar-refractivity contribution in [3.05, 3.63) is 29.3 Å². The van der Waals surface area contributed by atoms with E-state index in [1.807, 2.05) is 18.2 Å². The highest BCUT2D eigenvalue weighted by molar-refractivity contribution is 7.18. The largest absolute Gasteiger partial charge is 0.394 e. The molecule has 1 aromatic carbocycles. The number of aliphatic hydroxyl groups is 1. The Morgan fingerprint density at radius 3 is 2.83 bits per heavy atom. The van der Waals surface area contributed by atoms with E-state index in [1.165, 1.54) is 4.70 Å². The summed E-state index contributed by atoms with van der Waals surface area (Å²) in [6.07, 6.45) is 4.88. The highest BCUT2D eigenvalue weighted by Crippen LogP contribution is 2.28. The van der Waals surface area contributed by atoms with Crippen LogP contribution in [0.15, 0.2) is 24.3 Å². The van der Waals surface area contributed by atoms with Crippen LogP contribution in [0.25, 0.3) is 10.2 Å². The van der Waals surface area contributed by atoms with Gasteiger partial charge in [0, 0.05) is 18.5 Å². The summed E-state index contributed by atoms with van der Waals surface area (Å²) in [5.41, 5.74) is 0.774. The Labute approximate surface area is 140 Å². The lowest BCUT2D eigenvalue weighted by Crippen LogP contribution is -2.50. The van der Waals surface area contributed by atoms with Gasteiger partial charge in [0.25, 0.3) is 0 Å². The molecule has 3 N–H and O–H groups in total. The topological polar surface area (TPSA) is 74.2 Å². The molecule has 1 fully saturated rings. The standard InChI is InChI=1S/C17H23N3O2S/c21-12-17(8-3-4-9-17)19-11-15(22)18-10-7-16-20-13-5-1-2-6-14(13)23-16/h1-2,5-6,19,21H,3-4,7-12H2,(H,18,22). The Bertz CT molecular complexity index is 632. The molecule has 5 nitrogen and oxygen atoms in total. The van der Waals surface area contributed by atoms with E-state index in [4.69, 9.17) is 0 Å². The lowest BCUT2D eigenvalue weighted by atomic mass is 9.99. The fourth-order valence-electron chi connectivity index (χ4n) is 3.11. The number of carbonyl (C=O) groups excluding carboxylic acids is 1. The van der Waals surface area contributed by atoms with Gasteiger partial charge in [-0.15, -0.1) is 11.3 Å². The number of fused-ring (bicyclic) bond motifs is 1. The average molecular weight is 333 g/mol. The first-order valence-electron chi connectivity index (χ1n) is 8.18. The van der Waals surface area contributed by atoms with Crippen LogP contribution in [0.1, 0.15) is 30.7 Å². The summed E-state index contributed by atoms with van der Waals surface area (Å²) in [6.45, 7) is 0.957. The Balaban J connectivity index is 1.42. The van der Waals surface area contributed by atoms with Crippen LogP contribution in [0, 0.1) is 0 Å². The van der Waals surface area contributed by atoms with Gasteiger partial charge in [-0.25, -0.2) is 4.98 Å². The third kappa shape index (κ3) is 4.07. The zero-order chi connectivity index (χ0) is 16.1. The summed E-state index contributed by atoms with van der Waals surface area (Å²) >= 11 is 1.67. The molecule has 0 unspecified atom stereocenters. The first kappa shape index (κ1) is 16.4. The molecule has 1 aromatic heterocycles. The molecule has 1 aliphatic carbocycles. The normalized spacial score (nSPS) is 16.7. The summed E-state index contributed by atoms with van der Waals surface area (Å²) in [6, 6.07) is 8.07. The summed E-state index contributed by atoms with van der Waals surface area (Å²) < 4.78 is 1.18. The molecule has 2 aromatic rings. The van der Waals surface area contributed by atoms with E-state index in [9.17, 15) is 9.90 Å². The minimum Gasteiger partial charge on any atom is -0.394 e. The predicted molar refractivity (Wildman–Crippen MR) is 92.6 cm³/mol. The van der Waals surface area contributed by atoms with Gasteiger partial charge >= 0.3 is 0 Å². The lowest BCUT2D eigenvalue weighted by molar-refractivity contribution is -0.120. The molecule has 23 heavy (non-hydrogen) atoms. The van der Waals surface area contributed by atoms with Gasteiger partial charge in [-0.3, -0.25) is 4.79 Å². The molecule has 1 saturated carbocycles. The summed E-state index contributed by atoms with van der Waals surface area (Å²) in [7, 11) is 0. The Morgan fingerprint density at radius 1 is 1.30 bits per heavy atom.